The van der Waals surface area contributed by atoms with Gasteiger partial charge in [0.2, 0.25) is 0 Å². The Morgan fingerprint density at radius 3 is 2.94 bits per heavy atom. The SMILES string of the molecule is CCN1CCOC(CN)C1c1ccc(Cl)c(Br)c1. The minimum absolute atomic E-state index is 0.0479. The molecule has 0 saturated carbocycles. The van der Waals surface area contributed by atoms with Gasteiger partial charge in [0.1, 0.15) is 0 Å². The summed E-state index contributed by atoms with van der Waals surface area (Å²) < 4.78 is 6.70. The highest BCUT2D eigenvalue weighted by molar-refractivity contribution is 9.10. The van der Waals surface area contributed by atoms with Crippen molar-refractivity contribution in [3.63, 3.8) is 0 Å². The van der Waals surface area contributed by atoms with Crippen LogP contribution in [0.4, 0.5) is 0 Å². The van der Waals surface area contributed by atoms with Crippen molar-refractivity contribution in [3.05, 3.63) is 33.3 Å². The molecule has 1 saturated heterocycles. The van der Waals surface area contributed by atoms with Gasteiger partial charge in [0.15, 0.2) is 0 Å². The normalized spacial score (nSPS) is 25.3. The minimum Gasteiger partial charge on any atom is -0.374 e. The van der Waals surface area contributed by atoms with Gasteiger partial charge in [-0.05, 0) is 40.2 Å². The van der Waals surface area contributed by atoms with Crippen LogP contribution in [0.25, 0.3) is 0 Å². The molecule has 1 aliphatic rings. The Morgan fingerprint density at radius 1 is 1.56 bits per heavy atom. The Balaban J connectivity index is 2.32. The van der Waals surface area contributed by atoms with Crippen LogP contribution in [0.15, 0.2) is 22.7 Å². The van der Waals surface area contributed by atoms with Gasteiger partial charge in [-0.1, -0.05) is 24.6 Å². The maximum atomic E-state index is 6.04. The van der Waals surface area contributed by atoms with Gasteiger partial charge < -0.3 is 10.5 Å². The Bertz CT molecular complexity index is 404. The molecule has 2 N–H and O–H groups in total. The van der Waals surface area contributed by atoms with Crippen LogP contribution in [0.2, 0.25) is 5.02 Å². The third kappa shape index (κ3) is 2.89. The van der Waals surface area contributed by atoms with Crippen LogP contribution in [0.3, 0.4) is 0 Å². The second-order valence-electron chi connectivity index (χ2n) is 4.39. The number of nitrogens with zero attached hydrogens (tertiary/aromatic N) is 1. The first-order valence-electron chi connectivity index (χ1n) is 6.18. The highest BCUT2D eigenvalue weighted by Gasteiger charge is 2.31. The monoisotopic (exact) mass is 332 g/mol. The Labute approximate surface area is 121 Å². The molecule has 2 atom stereocenters. The Hall–Kier alpha value is -0.130. The van der Waals surface area contributed by atoms with E-state index in [1.807, 2.05) is 6.07 Å². The summed E-state index contributed by atoms with van der Waals surface area (Å²) in [5.41, 5.74) is 7.02. The van der Waals surface area contributed by atoms with Gasteiger partial charge in [-0.25, -0.2) is 0 Å². The number of morpholine rings is 1. The number of halogens is 2. The van der Waals surface area contributed by atoms with Crippen molar-refractivity contribution >= 4 is 27.5 Å². The number of rotatable bonds is 3. The molecule has 2 rings (SSSR count). The summed E-state index contributed by atoms with van der Waals surface area (Å²) >= 11 is 9.52. The lowest BCUT2D eigenvalue weighted by Gasteiger charge is -2.40. The van der Waals surface area contributed by atoms with E-state index < -0.39 is 0 Å². The van der Waals surface area contributed by atoms with E-state index in [0.29, 0.717) is 6.54 Å². The van der Waals surface area contributed by atoms with Gasteiger partial charge in [-0.15, -0.1) is 0 Å². The number of benzene rings is 1. The minimum atomic E-state index is 0.0479. The van der Waals surface area contributed by atoms with Crippen LogP contribution in [0.5, 0.6) is 0 Å². The fourth-order valence-electron chi connectivity index (χ4n) is 2.46. The van der Waals surface area contributed by atoms with E-state index in [-0.39, 0.29) is 12.1 Å². The van der Waals surface area contributed by atoms with Crippen molar-refractivity contribution in [2.75, 3.05) is 26.2 Å². The first kappa shape index (κ1) is 14.3. The van der Waals surface area contributed by atoms with Crippen LogP contribution < -0.4 is 5.73 Å². The van der Waals surface area contributed by atoms with Crippen molar-refractivity contribution in [3.8, 4) is 0 Å². The first-order valence-corrected chi connectivity index (χ1v) is 7.35. The largest absolute Gasteiger partial charge is 0.374 e. The average Bonchev–Trinajstić information content (AvgIpc) is 2.41. The van der Waals surface area contributed by atoms with E-state index in [1.165, 1.54) is 5.56 Å². The topological polar surface area (TPSA) is 38.5 Å². The number of nitrogens with two attached hydrogens (primary N) is 1. The zero-order chi connectivity index (χ0) is 13.1. The fourth-order valence-corrected chi connectivity index (χ4v) is 2.97. The summed E-state index contributed by atoms with van der Waals surface area (Å²) in [6.07, 6.45) is 0.0479. The van der Waals surface area contributed by atoms with Crippen LogP contribution in [-0.4, -0.2) is 37.2 Å². The lowest BCUT2D eigenvalue weighted by atomic mass is 9.98. The molecule has 1 aliphatic heterocycles. The fraction of sp³-hybridized carbons (Fsp3) is 0.538. The van der Waals surface area contributed by atoms with Crippen molar-refractivity contribution in [1.29, 1.82) is 0 Å². The van der Waals surface area contributed by atoms with E-state index in [2.05, 4.69) is 39.9 Å². The van der Waals surface area contributed by atoms with E-state index in [4.69, 9.17) is 22.1 Å². The third-order valence-corrected chi connectivity index (χ3v) is 4.59. The van der Waals surface area contributed by atoms with Gasteiger partial charge in [0.05, 0.1) is 23.8 Å². The summed E-state index contributed by atoms with van der Waals surface area (Å²) in [5.74, 6) is 0. The van der Waals surface area contributed by atoms with Crippen LogP contribution in [0, 0.1) is 0 Å². The molecule has 100 valence electrons. The first-order chi connectivity index (χ1) is 8.67. The third-order valence-electron chi connectivity index (χ3n) is 3.38. The van der Waals surface area contributed by atoms with E-state index in [0.717, 1.165) is 29.2 Å². The molecular formula is C13H18BrClN2O. The van der Waals surface area contributed by atoms with Crippen molar-refractivity contribution < 1.29 is 4.74 Å². The molecule has 18 heavy (non-hydrogen) atoms. The quantitative estimate of drug-likeness (QED) is 0.924. The van der Waals surface area contributed by atoms with Gasteiger partial charge in [0.25, 0.3) is 0 Å². The van der Waals surface area contributed by atoms with E-state index in [1.54, 1.807) is 0 Å². The summed E-state index contributed by atoms with van der Waals surface area (Å²) in [6.45, 7) is 5.38. The molecule has 1 aromatic rings. The second-order valence-corrected chi connectivity index (χ2v) is 5.65. The molecule has 1 aromatic carbocycles. The second kappa shape index (κ2) is 6.35. The predicted octanol–water partition coefficient (Wildman–Crippen LogP) is 2.82. The van der Waals surface area contributed by atoms with Gasteiger partial charge in [-0.2, -0.15) is 0 Å². The summed E-state index contributed by atoms with van der Waals surface area (Å²) in [6, 6.07) is 6.24. The molecule has 0 aromatic heterocycles. The van der Waals surface area contributed by atoms with E-state index in [9.17, 15) is 0 Å². The van der Waals surface area contributed by atoms with Crippen molar-refractivity contribution in [1.82, 2.24) is 4.90 Å². The maximum absolute atomic E-state index is 6.04. The van der Waals surface area contributed by atoms with E-state index >= 15 is 0 Å². The number of hydrogen-bond donors (Lipinski definition) is 1. The van der Waals surface area contributed by atoms with Gasteiger partial charge in [0, 0.05) is 17.6 Å². The molecular weight excluding hydrogens is 316 g/mol. The summed E-state index contributed by atoms with van der Waals surface area (Å²) in [4.78, 5) is 2.40. The molecule has 0 amide bonds. The molecule has 0 aliphatic carbocycles. The molecule has 0 radical (unpaired) electrons. The zero-order valence-electron chi connectivity index (χ0n) is 10.4. The summed E-state index contributed by atoms with van der Waals surface area (Å²) in [7, 11) is 0. The number of hydrogen-bond acceptors (Lipinski definition) is 3. The predicted molar refractivity (Wildman–Crippen MR) is 77.9 cm³/mol. The highest BCUT2D eigenvalue weighted by Crippen LogP contribution is 2.33. The molecule has 1 heterocycles. The van der Waals surface area contributed by atoms with Crippen LogP contribution >= 0.6 is 27.5 Å². The lowest BCUT2D eigenvalue weighted by molar-refractivity contribution is -0.0658. The molecule has 0 bridgehead atoms. The number of ether oxygens (including phenoxy) is 1. The Kier molecular flexibility index (Phi) is 5.04. The molecule has 5 heteroatoms. The molecule has 0 spiro atoms. The highest BCUT2D eigenvalue weighted by atomic mass is 79.9. The zero-order valence-corrected chi connectivity index (χ0v) is 12.7. The Morgan fingerprint density at radius 2 is 2.33 bits per heavy atom. The molecule has 3 nitrogen and oxygen atoms in total. The number of likely N-dealkylation sites (N-methyl/N-ethyl adjacent to an activating group) is 1. The van der Waals surface area contributed by atoms with Crippen LogP contribution in [0.1, 0.15) is 18.5 Å². The lowest BCUT2D eigenvalue weighted by Crippen LogP contribution is -2.48. The standard InChI is InChI=1S/C13H18BrClN2O/c1-2-17-5-6-18-12(8-16)13(17)9-3-4-11(15)10(14)7-9/h3-4,7,12-13H,2,5-6,8,16H2,1H3. The maximum Gasteiger partial charge on any atom is 0.0894 e. The smallest absolute Gasteiger partial charge is 0.0894 e. The van der Waals surface area contributed by atoms with Crippen LogP contribution in [-0.2, 0) is 4.74 Å². The summed E-state index contributed by atoms with van der Waals surface area (Å²) in [5, 5.41) is 0.725. The average molecular weight is 334 g/mol. The van der Waals surface area contributed by atoms with Gasteiger partial charge >= 0.3 is 0 Å². The molecule has 2 unspecified atom stereocenters. The molecule has 1 fully saturated rings. The van der Waals surface area contributed by atoms with Crippen molar-refractivity contribution in [2.45, 2.75) is 19.1 Å². The van der Waals surface area contributed by atoms with Crippen molar-refractivity contribution in [2.24, 2.45) is 5.73 Å². The van der Waals surface area contributed by atoms with Gasteiger partial charge in [-0.3, -0.25) is 4.90 Å².